The van der Waals surface area contributed by atoms with Crippen LogP contribution in [0.15, 0.2) is 30.3 Å². The van der Waals surface area contributed by atoms with E-state index in [0.717, 1.165) is 30.6 Å². The molecule has 0 amide bonds. The predicted octanol–water partition coefficient (Wildman–Crippen LogP) is 2.89. The van der Waals surface area contributed by atoms with E-state index in [0.29, 0.717) is 6.54 Å². The highest BCUT2D eigenvalue weighted by atomic mass is 16.3. The molecule has 0 aliphatic carbocycles. The summed E-state index contributed by atoms with van der Waals surface area (Å²) in [4.78, 5) is 6.87. The monoisotopic (exact) mass is 256 g/mol. The van der Waals surface area contributed by atoms with Gasteiger partial charge in [-0.3, -0.25) is 4.98 Å². The highest BCUT2D eigenvalue weighted by molar-refractivity contribution is 5.92. The third kappa shape index (κ3) is 2.43. The van der Waals surface area contributed by atoms with Gasteiger partial charge in [0.2, 0.25) is 0 Å². The summed E-state index contributed by atoms with van der Waals surface area (Å²) >= 11 is 0. The molecule has 2 aromatic rings. The summed E-state index contributed by atoms with van der Waals surface area (Å²) in [7, 11) is 0. The molecule has 1 aliphatic rings. The van der Waals surface area contributed by atoms with Crippen LogP contribution in [0.25, 0.3) is 10.9 Å². The van der Waals surface area contributed by atoms with Crippen molar-refractivity contribution in [1.29, 1.82) is 0 Å². The zero-order valence-corrected chi connectivity index (χ0v) is 11.6. The SMILES string of the molecule is Cc1cc(N2CCCC(C)(O)C2)c2ccccc2n1. The molecule has 1 saturated heterocycles. The van der Waals surface area contributed by atoms with Crippen molar-refractivity contribution in [3.8, 4) is 0 Å². The van der Waals surface area contributed by atoms with Crippen LogP contribution in [0.2, 0.25) is 0 Å². The molecule has 2 heterocycles. The van der Waals surface area contributed by atoms with Crippen molar-refractivity contribution in [3.05, 3.63) is 36.0 Å². The number of fused-ring (bicyclic) bond motifs is 1. The molecule has 19 heavy (non-hydrogen) atoms. The molecule has 0 spiro atoms. The quantitative estimate of drug-likeness (QED) is 0.852. The summed E-state index contributed by atoms with van der Waals surface area (Å²) in [6.07, 6.45) is 1.91. The fourth-order valence-corrected chi connectivity index (χ4v) is 2.97. The molecule has 3 rings (SSSR count). The molecule has 0 saturated carbocycles. The van der Waals surface area contributed by atoms with Crippen LogP contribution in [0.5, 0.6) is 0 Å². The van der Waals surface area contributed by atoms with Crippen molar-refractivity contribution in [2.45, 2.75) is 32.3 Å². The Morgan fingerprint density at radius 1 is 1.32 bits per heavy atom. The third-order valence-corrected chi connectivity index (χ3v) is 3.84. The second-order valence-corrected chi connectivity index (χ2v) is 5.82. The van der Waals surface area contributed by atoms with E-state index >= 15 is 0 Å². The second kappa shape index (κ2) is 4.49. The van der Waals surface area contributed by atoms with E-state index in [2.05, 4.69) is 22.0 Å². The van der Waals surface area contributed by atoms with Crippen molar-refractivity contribution >= 4 is 16.6 Å². The van der Waals surface area contributed by atoms with Crippen LogP contribution in [0.1, 0.15) is 25.5 Å². The van der Waals surface area contributed by atoms with Gasteiger partial charge in [0.05, 0.1) is 11.1 Å². The summed E-state index contributed by atoms with van der Waals surface area (Å²) in [5.74, 6) is 0. The Bertz CT molecular complexity index is 607. The normalized spacial score (nSPS) is 23.8. The molecule has 1 N–H and O–H groups in total. The first-order chi connectivity index (χ1) is 9.05. The van der Waals surface area contributed by atoms with Crippen molar-refractivity contribution in [2.75, 3.05) is 18.0 Å². The van der Waals surface area contributed by atoms with Crippen LogP contribution < -0.4 is 4.90 Å². The van der Waals surface area contributed by atoms with Gasteiger partial charge < -0.3 is 10.0 Å². The van der Waals surface area contributed by atoms with Crippen LogP contribution >= 0.6 is 0 Å². The summed E-state index contributed by atoms with van der Waals surface area (Å²) in [6.45, 7) is 5.65. The minimum Gasteiger partial charge on any atom is -0.388 e. The van der Waals surface area contributed by atoms with Crippen molar-refractivity contribution < 1.29 is 5.11 Å². The fraction of sp³-hybridized carbons (Fsp3) is 0.438. The summed E-state index contributed by atoms with van der Waals surface area (Å²) in [5, 5.41) is 11.5. The Kier molecular flexibility index (Phi) is 2.94. The average Bonchev–Trinajstić information content (AvgIpc) is 2.36. The molecule has 3 nitrogen and oxygen atoms in total. The average molecular weight is 256 g/mol. The van der Waals surface area contributed by atoms with Crippen LogP contribution in [0.3, 0.4) is 0 Å². The molecule has 3 heteroatoms. The molecule has 1 aromatic heterocycles. The summed E-state index contributed by atoms with van der Waals surface area (Å²) in [5.41, 5.74) is 2.67. The van der Waals surface area contributed by atoms with E-state index in [1.807, 2.05) is 32.0 Å². The maximum absolute atomic E-state index is 10.3. The lowest BCUT2D eigenvalue weighted by Gasteiger charge is -2.38. The first kappa shape index (κ1) is 12.4. The van der Waals surface area contributed by atoms with Crippen molar-refractivity contribution in [1.82, 2.24) is 4.98 Å². The summed E-state index contributed by atoms with van der Waals surface area (Å²) in [6, 6.07) is 10.4. The largest absolute Gasteiger partial charge is 0.388 e. The number of nitrogens with zero attached hydrogens (tertiary/aromatic N) is 2. The number of aliphatic hydroxyl groups is 1. The lowest BCUT2D eigenvalue weighted by molar-refractivity contribution is 0.0450. The van der Waals surface area contributed by atoms with E-state index in [1.165, 1.54) is 11.1 Å². The second-order valence-electron chi connectivity index (χ2n) is 5.82. The molecule has 1 unspecified atom stereocenters. The highest BCUT2D eigenvalue weighted by Crippen LogP contribution is 2.31. The van der Waals surface area contributed by atoms with E-state index in [4.69, 9.17) is 0 Å². The van der Waals surface area contributed by atoms with Gasteiger partial charge in [0.1, 0.15) is 0 Å². The molecule has 0 bridgehead atoms. The zero-order chi connectivity index (χ0) is 13.5. The first-order valence-corrected chi connectivity index (χ1v) is 6.89. The van der Waals surface area contributed by atoms with Crippen molar-refractivity contribution in [2.24, 2.45) is 0 Å². The van der Waals surface area contributed by atoms with E-state index in [1.54, 1.807) is 0 Å². The molecule has 1 aliphatic heterocycles. The smallest absolute Gasteiger partial charge is 0.0794 e. The molecule has 100 valence electrons. The zero-order valence-electron chi connectivity index (χ0n) is 11.6. The van der Waals surface area contributed by atoms with Crippen LogP contribution in [0, 0.1) is 6.92 Å². The van der Waals surface area contributed by atoms with Gasteiger partial charge in [-0.2, -0.15) is 0 Å². The number of hydrogen-bond acceptors (Lipinski definition) is 3. The number of rotatable bonds is 1. The third-order valence-electron chi connectivity index (χ3n) is 3.84. The Morgan fingerprint density at radius 3 is 2.89 bits per heavy atom. The van der Waals surface area contributed by atoms with Gasteiger partial charge in [0.25, 0.3) is 0 Å². The van der Waals surface area contributed by atoms with E-state index in [-0.39, 0.29) is 0 Å². The molecule has 1 fully saturated rings. The number of anilines is 1. The lowest BCUT2D eigenvalue weighted by atomic mass is 9.94. The number of piperidine rings is 1. The fourth-order valence-electron chi connectivity index (χ4n) is 2.97. The van der Waals surface area contributed by atoms with E-state index in [9.17, 15) is 5.11 Å². The summed E-state index contributed by atoms with van der Waals surface area (Å²) < 4.78 is 0. The Labute approximate surface area is 113 Å². The molecule has 0 radical (unpaired) electrons. The number of aromatic nitrogens is 1. The number of pyridine rings is 1. The number of aryl methyl sites for hydroxylation is 1. The van der Waals surface area contributed by atoms with Gasteiger partial charge in [-0.25, -0.2) is 0 Å². The standard InChI is InChI=1S/C16H20N2O/c1-12-10-15(13-6-3-4-7-14(13)17-12)18-9-5-8-16(2,19)11-18/h3-4,6-7,10,19H,5,8-9,11H2,1-2H3. The van der Waals surface area contributed by atoms with Crippen LogP contribution in [-0.2, 0) is 0 Å². The Morgan fingerprint density at radius 2 is 2.11 bits per heavy atom. The van der Waals surface area contributed by atoms with Gasteiger partial charge in [-0.1, -0.05) is 18.2 Å². The number of hydrogen-bond donors (Lipinski definition) is 1. The van der Waals surface area contributed by atoms with Gasteiger partial charge >= 0.3 is 0 Å². The Balaban J connectivity index is 2.09. The maximum Gasteiger partial charge on any atom is 0.0794 e. The van der Waals surface area contributed by atoms with Crippen LogP contribution in [0.4, 0.5) is 5.69 Å². The van der Waals surface area contributed by atoms with Gasteiger partial charge in [0.15, 0.2) is 0 Å². The molecular formula is C16H20N2O. The topological polar surface area (TPSA) is 36.4 Å². The van der Waals surface area contributed by atoms with Gasteiger partial charge in [-0.05, 0) is 38.8 Å². The van der Waals surface area contributed by atoms with E-state index < -0.39 is 5.60 Å². The minimum absolute atomic E-state index is 0.587. The van der Waals surface area contributed by atoms with Crippen molar-refractivity contribution in [3.63, 3.8) is 0 Å². The first-order valence-electron chi connectivity index (χ1n) is 6.89. The number of benzene rings is 1. The van der Waals surface area contributed by atoms with Gasteiger partial charge in [0, 0.05) is 29.9 Å². The minimum atomic E-state index is -0.587. The predicted molar refractivity (Wildman–Crippen MR) is 78.6 cm³/mol. The maximum atomic E-state index is 10.3. The molecular weight excluding hydrogens is 236 g/mol. The highest BCUT2D eigenvalue weighted by Gasteiger charge is 2.29. The number of β-amino-alcohol motifs (C(OH)–C–C–N with tert-alkyl or cyclic N) is 1. The Hall–Kier alpha value is -1.61. The molecule has 1 atom stereocenters. The lowest BCUT2D eigenvalue weighted by Crippen LogP contribution is -2.46. The molecule has 1 aromatic carbocycles. The van der Waals surface area contributed by atoms with Gasteiger partial charge in [-0.15, -0.1) is 0 Å². The van der Waals surface area contributed by atoms with Crippen LogP contribution in [-0.4, -0.2) is 28.8 Å². The number of para-hydroxylation sites is 1.